The first-order valence-electron chi connectivity index (χ1n) is 5.93. The lowest BCUT2D eigenvalue weighted by molar-refractivity contribution is -0.119. The summed E-state index contributed by atoms with van der Waals surface area (Å²) in [4.78, 5) is 24.0. The van der Waals surface area contributed by atoms with Crippen molar-refractivity contribution in [3.8, 4) is 0 Å². The minimum atomic E-state index is -0.498. The van der Waals surface area contributed by atoms with E-state index in [1.54, 1.807) is 17.5 Å². The van der Waals surface area contributed by atoms with Crippen LogP contribution >= 0.6 is 43.2 Å². The smallest absolute Gasteiger partial charge is 0.348 e. The largest absolute Gasteiger partial charge is 0.451 e. The average molecular weight is 433 g/mol. The number of carbonyl (C=O) groups excluding carboxylic acids is 2. The van der Waals surface area contributed by atoms with E-state index in [1.165, 1.54) is 11.3 Å². The Bertz CT molecular complexity index is 648. The number of carbonyl (C=O) groups is 2. The summed E-state index contributed by atoms with van der Waals surface area (Å²) in [5, 5.41) is 4.47. The number of ether oxygens (including phenoxy) is 1. The van der Waals surface area contributed by atoms with E-state index < -0.39 is 11.9 Å². The molecule has 4 nitrogen and oxygen atoms in total. The monoisotopic (exact) mass is 431 g/mol. The Kier molecular flexibility index (Phi) is 5.55. The molecule has 1 heterocycles. The molecule has 0 saturated heterocycles. The number of esters is 1. The van der Waals surface area contributed by atoms with Crippen LogP contribution < -0.4 is 5.32 Å². The first-order chi connectivity index (χ1) is 9.97. The number of nitrogens with one attached hydrogen (secondary N) is 1. The number of halogens is 2. The van der Waals surface area contributed by atoms with Crippen molar-refractivity contribution >= 4 is 60.8 Å². The molecule has 0 aliphatic carbocycles. The second-order valence-electron chi connectivity index (χ2n) is 4.21. The third-order valence-electron chi connectivity index (χ3n) is 2.51. The van der Waals surface area contributed by atoms with Crippen molar-refractivity contribution in [2.24, 2.45) is 0 Å². The van der Waals surface area contributed by atoms with Crippen LogP contribution in [0.2, 0.25) is 0 Å². The predicted octanol–water partition coefficient (Wildman–Crippen LogP) is 4.38. The first kappa shape index (κ1) is 16.2. The molecule has 2 aromatic rings. The number of rotatable bonds is 4. The zero-order valence-electron chi connectivity index (χ0n) is 11.0. The Morgan fingerprint density at radius 2 is 1.95 bits per heavy atom. The molecule has 7 heteroatoms. The summed E-state index contributed by atoms with van der Waals surface area (Å²) in [5.41, 5.74) is 1.66. The Hall–Kier alpha value is -1.18. The number of benzene rings is 1. The summed E-state index contributed by atoms with van der Waals surface area (Å²) in [7, 11) is 0. The molecule has 0 atom stereocenters. The second kappa shape index (κ2) is 7.20. The van der Waals surface area contributed by atoms with E-state index in [2.05, 4.69) is 37.2 Å². The quantitative estimate of drug-likeness (QED) is 0.729. The number of hydrogen-bond donors (Lipinski definition) is 1. The molecule has 2 rings (SSSR count). The summed E-state index contributed by atoms with van der Waals surface area (Å²) in [6, 6.07) is 7.18. The molecule has 0 aliphatic rings. The molecule has 110 valence electrons. The zero-order valence-corrected chi connectivity index (χ0v) is 15.0. The molecule has 0 aliphatic heterocycles. The molecule has 0 bridgehead atoms. The van der Waals surface area contributed by atoms with Gasteiger partial charge in [-0.25, -0.2) is 4.79 Å². The van der Waals surface area contributed by atoms with Crippen LogP contribution in [0.4, 0.5) is 5.69 Å². The van der Waals surface area contributed by atoms with Gasteiger partial charge in [-0.15, -0.1) is 11.3 Å². The Morgan fingerprint density at radius 1 is 1.29 bits per heavy atom. The third-order valence-corrected chi connectivity index (χ3v) is 4.61. The van der Waals surface area contributed by atoms with E-state index in [9.17, 15) is 9.59 Å². The van der Waals surface area contributed by atoms with Gasteiger partial charge in [0.25, 0.3) is 5.91 Å². The molecular weight excluding hydrogens is 422 g/mol. The minimum Gasteiger partial charge on any atom is -0.451 e. The van der Waals surface area contributed by atoms with E-state index in [1.807, 2.05) is 19.1 Å². The fraction of sp³-hybridized carbons (Fsp3) is 0.143. The van der Waals surface area contributed by atoms with Gasteiger partial charge in [0.1, 0.15) is 4.88 Å². The van der Waals surface area contributed by atoms with E-state index >= 15 is 0 Å². The number of aryl methyl sites for hydroxylation is 1. The highest BCUT2D eigenvalue weighted by molar-refractivity contribution is 9.11. The first-order valence-corrected chi connectivity index (χ1v) is 8.40. The summed E-state index contributed by atoms with van der Waals surface area (Å²) in [6.45, 7) is 1.62. The van der Waals surface area contributed by atoms with Crippen LogP contribution in [0.1, 0.15) is 15.2 Å². The van der Waals surface area contributed by atoms with Crippen LogP contribution in [-0.4, -0.2) is 18.5 Å². The van der Waals surface area contributed by atoms with Crippen LogP contribution in [-0.2, 0) is 9.53 Å². The fourth-order valence-corrected chi connectivity index (χ4v) is 3.82. The number of anilines is 1. The Labute approximate surface area is 142 Å². The summed E-state index contributed by atoms with van der Waals surface area (Å²) >= 11 is 8.05. The van der Waals surface area contributed by atoms with Gasteiger partial charge in [0.15, 0.2) is 6.61 Å². The van der Waals surface area contributed by atoms with Gasteiger partial charge < -0.3 is 10.1 Å². The van der Waals surface area contributed by atoms with Crippen LogP contribution in [0.5, 0.6) is 0 Å². The highest BCUT2D eigenvalue weighted by Gasteiger charge is 2.13. The lowest BCUT2D eigenvalue weighted by Gasteiger charge is -2.11. The molecule has 0 spiro atoms. The maximum Gasteiger partial charge on any atom is 0.348 e. The van der Waals surface area contributed by atoms with Gasteiger partial charge in [-0.05, 0) is 67.9 Å². The van der Waals surface area contributed by atoms with Crippen molar-refractivity contribution in [3.63, 3.8) is 0 Å². The topological polar surface area (TPSA) is 55.4 Å². The zero-order chi connectivity index (χ0) is 15.4. The minimum absolute atomic E-state index is 0.330. The van der Waals surface area contributed by atoms with Crippen LogP contribution in [0.3, 0.4) is 0 Å². The van der Waals surface area contributed by atoms with Crippen LogP contribution in [0.15, 0.2) is 38.6 Å². The molecule has 0 radical (unpaired) electrons. The van der Waals surface area contributed by atoms with Crippen molar-refractivity contribution in [3.05, 3.63) is 49.0 Å². The van der Waals surface area contributed by atoms with Gasteiger partial charge in [-0.3, -0.25) is 4.79 Å². The lowest BCUT2D eigenvalue weighted by Crippen LogP contribution is -2.21. The predicted molar refractivity (Wildman–Crippen MR) is 89.8 cm³/mol. The standard InChI is InChI=1S/C14H11Br2NO3S/c1-8-5-9(15)13(10(16)6-8)17-12(18)7-20-14(19)11-3-2-4-21-11/h2-6H,7H2,1H3,(H,17,18). The van der Waals surface area contributed by atoms with Gasteiger partial charge in [0, 0.05) is 8.95 Å². The lowest BCUT2D eigenvalue weighted by atomic mass is 10.2. The molecule has 1 aromatic heterocycles. The van der Waals surface area contributed by atoms with Crippen molar-refractivity contribution in [2.75, 3.05) is 11.9 Å². The highest BCUT2D eigenvalue weighted by Crippen LogP contribution is 2.32. The van der Waals surface area contributed by atoms with Crippen LogP contribution in [0.25, 0.3) is 0 Å². The number of amides is 1. The van der Waals surface area contributed by atoms with Crippen molar-refractivity contribution in [1.82, 2.24) is 0 Å². The normalized spacial score (nSPS) is 10.2. The molecule has 1 amide bonds. The number of hydrogen-bond acceptors (Lipinski definition) is 4. The Balaban J connectivity index is 1.95. The summed E-state index contributed by atoms with van der Waals surface area (Å²) in [5.74, 6) is -0.896. The summed E-state index contributed by atoms with van der Waals surface area (Å²) < 4.78 is 6.47. The van der Waals surface area contributed by atoms with Crippen molar-refractivity contribution < 1.29 is 14.3 Å². The van der Waals surface area contributed by atoms with E-state index in [4.69, 9.17) is 4.74 Å². The molecule has 1 aromatic carbocycles. The van der Waals surface area contributed by atoms with Gasteiger partial charge in [-0.1, -0.05) is 6.07 Å². The van der Waals surface area contributed by atoms with Gasteiger partial charge in [-0.2, -0.15) is 0 Å². The fourth-order valence-electron chi connectivity index (χ4n) is 1.59. The second-order valence-corrected chi connectivity index (χ2v) is 6.86. The highest BCUT2D eigenvalue weighted by atomic mass is 79.9. The van der Waals surface area contributed by atoms with Gasteiger partial charge in [0.05, 0.1) is 5.69 Å². The molecule has 0 unspecified atom stereocenters. The Morgan fingerprint density at radius 3 is 2.52 bits per heavy atom. The molecule has 1 N–H and O–H groups in total. The van der Waals surface area contributed by atoms with Gasteiger partial charge in [0.2, 0.25) is 0 Å². The van der Waals surface area contributed by atoms with Crippen molar-refractivity contribution in [1.29, 1.82) is 0 Å². The van der Waals surface area contributed by atoms with E-state index in [0.29, 0.717) is 10.6 Å². The van der Waals surface area contributed by atoms with E-state index in [0.717, 1.165) is 14.5 Å². The molecule has 0 saturated carbocycles. The average Bonchev–Trinajstić information content (AvgIpc) is 2.94. The van der Waals surface area contributed by atoms with Gasteiger partial charge >= 0.3 is 5.97 Å². The van der Waals surface area contributed by atoms with Crippen LogP contribution in [0, 0.1) is 6.92 Å². The number of thiophene rings is 1. The van der Waals surface area contributed by atoms with Crippen molar-refractivity contribution in [2.45, 2.75) is 6.92 Å². The maximum absolute atomic E-state index is 11.8. The molecule has 0 fully saturated rings. The van der Waals surface area contributed by atoms with E-state index in [-0.39, 0.29) is 6.61 Å². The SMILES string of the molecule is Cc1cc(Br)c(NC(=O)COC(=O)c2cccs2)c(Br)c1. The molecular formula is C14H11Br2NO3S. The maximum atomic E-state index is 11.8. The third kappa shape index (κ3) is 4.39. The molecule has 21 heavy (non-hydrogen) atoms. The summed E-state index contributed by atoms with van der Waals surface area (Å²) in [6.07, 6.45) is 0.